The molecular formula is C13H9BrClFO2S. The second-order valence-electron chi connectivity index (χ2n) is 3.80. The molecule has 0 saturated carbocycles. The van der Waals surface area contributed by atoms with Crippen molar-refractivity contribution in [3.8, 4) is 5.75 Å². The van der Waals surface area contributed by atoms with Crippen molar-refractivity contribution in [2.24, 2.45) is 0 Å². The summed E-state index contributed by atoms with van der Waals surface area (Å²) in [5.41, 5.74) is 0. The van der Waals surface area contributed by atoms with Gasteiger partial charge in [0.05, 0.1) is 9.21 Å². The van der Waals surface area contributed by atoms with Gasteiger partial charge in [0, 0.05) is 4.47 Å². The number of thiophene rings is 1. The lowest BCUT2D eigenvalue weighted by Gasteiger charge is -2.13. The van der Waals surface area contributed by atoms with E-state index < -0.39 is 11.9 Å². The zero-order chi connectivity index (χ0) is 14.0. The summed E-state index contributed by atoms with van der Waals surface area (Å²) in [5, 5.41) is 0. The number of hydrogen-bond donors (Lipinski definition) is 0. The summed E-state index contributed by atoms with van der Waals surface area (Å²) in [5.74, 6) is -0.693. The van der Waals surface area contributed by atoms with Gasteiger partial charge in [-0.15, -0.1) is 11.3 Å². The molecule has 0 saturated heterocycles. The molecule has 0 fully saturated rings. The van der Waals surface area contributed by atoms with Gasteiger partial charge < -0.3 is 4.74 Å². The zero-order valence-corrected chi connectivity index (χ0v) is 13.0. The molecule has 0 aliphatic carbocycles. The molecule has 100 valence electrons. The minimum Gasteiger partial charge on any atom is -0.479 e. The number of ether oxygens (including phenoxy) is 1. The number of Topliss-reactive ketones (excluding diaryl/α,β-unsaturated/α-hetero) is 1. The second kappa shape index (κ2) is 6.03. The number of rotatable bonds is 4. The van der Waals surface area contributed by atoms with Gasteiger partial charge in [0.15, 0.2) is 17.7 Å². The lowest BCUT2D eigenvalue weighted by atomic mass is 10.2. The number of benzene rings is 1. The summed E-state index contributed by atoms with van der Waals surface area (Å²) in [7, 11) is 0. The molecule has 1 heterocycles. The fourth-order valence-electron chi connectivity index (χ4n) is 1.46. The van der Waals surface area contributed by atoms with Crippen LogP contribution in [0.3, 0.4) is 0 Å². The highest BCUT2D eigenvalue weighted by molar-refractivity contribution is 9.10. The predicted molar refractivity (Wildman–Crippen MR) is 77.8 cm³/mol. The SMILES string of the molecule is CC(Oc1cc(Br)ccc1F)C(=O)c1ccc(Cl)s1. The van der Waals surface area contributed by atoms with Crippen LogP contribution in [0.2, 0.25) is 4.34 Å². The molecule has 1 unspecified atom stereocenters. The van der Waals surface area contributed by atoms with Crippen molar-refractivity contribution in [1.29, 1.82) is 0 Å². The Labute approximate surface area is 127 Å². The largest absolute Gasteiger partial charge is 0.479 e. The first-order valence-corrected chi connectivity index (χ1v) is 7.37. The van der Waals surface area contributed by atoms with Crippen molar-refractivity contribution in [3.63, 3.8) is 0 Å². The lowest BCUT2D eigenvalue weighted by Crippen LogP contribution is -2.23. The maximum atomic E-state index is 13.5. The van der Waals surface area contributed by atoms with Crippen LogP contribution in [0, 0.1) is 5.82 Å². The molecule has 0 amide bonds. The van der Waals surface area contributed by atoms with Crippen LogP contribution in [0.15, 0.2) is 34.8 Å². The molecule has 1 atom stereocenters. The highest BCUT2D eigenvalue weighted by Crippen LogP contribution is 2.26. The zero-order valence-electron chi connectivity index (χ0n) is 9.82. The Balaban J connectivity index is 2.14. The van der Waals surface area contributed by atoms with Crippen LogP contribution in [0.4, 0.5) is 4.39 Å². The summed E-state index contributed by atoms with van der Waals surface area (Å²) < 4.78 is 20.1. The third-order valence-corrected chi connectivity index (χ3v) is 4.12. The Morgan fingerprint density at radius 1 is 1.42 bits per heavy atom. The van der Waals surface area contributed by atoms with E-state index in [1.54, 1.807) is 25.1 Å². The minimum absolute atomic E-state index is 0.0397. The maximum absolute atomic E-state index is 13.5. The van der Waals surface area contributed by atoms with Gasteiger partial charge >= 0.3 is 0 Å². The molecule has 2 aromatic rings. The Hall–Kier alpha value is -0.910. The van der Waals surface area contributed by atoms with Gasteiger partial charge in [-0.05, 0) is 37.3 Å². The molecule has 0 N–H and O–H groups in total. The van der Waals surface area contributed by atoms with Gasteiger partial charge in [0.2, 0.25) is 5.78 Å². The number of hydrogen-bond acceptors (Lipinski definition) is 3. The molecule has 0 aliphatic heterocycles. The predicted octanol–water partition coefficient (Wildman–Crippen LogP) is 4.95. The molecule has 1 aromatic heterocycles. The van der Waals surface area contributed by atoms with Gasteiger partial charge in [-0.25, -0.2) is 4.39 Å². The van der Waals surface area contributed by atoms with E-state index in [2.05, 4.69) is 15.9 Å². The average Bonchev–Trinajstić information content (AvgIpc) is 2.79. The number of carbonyl (C=O) groups excluding carboxylic acids is 1. The molecule has 0 spiro atoms. The first kappa shape index (κ1) is 14.5. The van der Waals surface area contributed by atoms with Crippen LogP contribution in [-0.2, 0) is 0 Å². The quantitative estimate of drug-likeness (QED) is 0.718. The van der Waals surface area contributed by atoms with Crippen LogP contribution in [0.5, 0.6) is 5.75 Å². The molecule has 2 nitrogen and oxygen atoms in total. The first-order chi connectivity index (χ1) is 8.97. The normalized spacial score (nSPS) is 12.2. The van der Waals surface area contributed by atoms with Crippen LogP contribution < -0.4 is 4.74 Å². The standard InChI is InChI=1S/C13H9BrClFO2S/c1-7(13(17)11-4-5-12(15)19-11)18-10-6-8(14)2-3-9(10)16/h2-7H,1H3. The van der Waals surface area contributed by atoms with E-state index in [4.69, 9.17) is 16.3 Å². The molecule has 0 aliphatic rings. The summed E-state index contributed by atoms with van der Waals surface area (Å²) in [6.07, 6.45) is -0.779. The van der Waals surface area contributed by atoms with Crippen molar-refractivity contribution in [1.82, 2.24) is 0 Å². The Kier molecular flexibility index (Phi) is 4.60. The molecule has 1 aromatic carbocycles. The number of halogens is 3. The number of carbonyl (C=O) groups is 1. The third kappa shape index (κ3) is 3.55. The van der Waals surface area contributed by atoms with Crippen LogP contribution in [-0.4, -0.2) is 11.9 Å². The lowest BCUT2D eigenvalue weighted by molar-refractivity contribution is 0.0816. The van der Waals surface area contributed by atoms with Gasteiger partial charge in [-0.3, -0.25) is 4.79 Å². The van der Waals surface area contributed by atoms with Crippen LogP contribution in [0.25, 0.3) is 0 Å². The summed E-state index contributed by atoms with van der Waals surface area (Å²) >= 11 is 10.2. The molecular weight excluding hydrogens is 355 g/mol. The second-order valence-corrected chi connectivity index (χ2v) is 6.43. The summed E-state index contributed by atoms with van der Waals surface area (Å²) in [6.45, 7) is 1.58. The van der Waals surface area contributed by atoms with E-state index in [9.17, 15) is 9.18 Å². The molecule has 2 rings (SSSR count). The Morgan fingerprint density at radius 2 is 2.16 bits per heavy atom. The monoisotopic (exact) mass is 362 g/mol. The smallest absolute Gasteiger partial charge is 0.212 e. The van der Waals surface area contributed by atoms with Crippen molar-refractivity contribution in [3.05, 3.63) is 49.8 Å². The first-order valence-electron chi connectivity index (χ1n) is 5.38. The van der Waals surface area contributed by atoms with E-state index in [0.717, 1.165) is 0 Å². The van der Waals surface area contributed by atoms with Crippen molar-refractivity contribution in [2.45, 2.75) is 13.0 Å². The topological polar surface area (TPSA) is 26.3 Å². The Bertz CT molecular complexity index is 614. The fraction of sp³-hybridized carbons (Fsp3) is 0.154. The van der Waals surface area contributed by atoms with E-state index in [0.29, 0.717) is 13.7 Å². The molecule has 6 heteroatoms. The summed E-state index contributed by atoms with van der Waals surface area (Å²) in [6, 6.07) is 7.60. The third-order valence-electron chi connectivity index (χ3n) is 2.38. The highest BCUT2D eigenvalue weighted by Gasteiger charge is 2.20. The number of ketones is 1. The van der Waals surface area contributed by atoms with E-state index >= 15 is 0 Å². The van der Waals surface area contributed by atoms with Gasteiger partial charge in [-0.2, -0.15) is 0 Å². The van der Waals surface area contributed by atoms with E-state index in [-0.39, 0.29) is 11.5 Å². The molecule has 19 heavy (non-hydrogen) atoms. The maximum Gasteiger partial charge on any atom is 0.212 e. The highest BCUT2D eigenvalue weighted by atomic mass is 79.9. The van der Waals surface area contributed by atoms with E-state index in [1.165, 1.54) is 23.5 Å². The van der Waals surface area contributed by atoms with Crippen molar-refractivity contribution >= 4 is 44.7 Å². The van der Waals surface area contributed by atoms with Gasteiger partial charge in [0.25, 0.3) is 0 Å². The average molecular weight is 364 g/mol. The minimum atomic E-state index is -0.779. The molecule has 0 radical (unpaired) electrons. The van der Waals surface area contributed by atoms with Gasteiger partial charge in [0.1, 0.15) is 0 Å². The molecule has 0 bridgehead atoms. The fourth-order valence-corrected chi connectivity index (χ4v) is 2.86. The van der Waals surface area contributed by atoms with Gasteiger partial charge in [-0.1, -0.05) is 27.5 Å². The van der Waals surface area contributed by atoms with E-state index in [1.807, 2.05) is 0 Å². The van der Waals surface area contributed by atoms with Crippen molar-refractivity contribution < 1.29 is 13.9 Å². The van der Waals surface area contributed by atoms with Crippen LogP contribution >= 0.6 is 38.9 Å². The van der Waals surface area contributed by atoms with Crippen LogP contribution in [0.1, 0.15) is 16.6 Å². The van der Waals surface area contributed by atoms with Crippen molar-refractivity contribution in [2.75, 3.05) is 0 Å². The summed E-state index contributed by atoms with van der Waals surface area (Å²) in [4.78, 5) is 12.5. The Morgan fingerprint density at radius 3 is 2.79 bits per heavy atom.